The van der Waals surface area contributed by atoms with Crippen LogP contribution in [-0.2, 0) is 18.4 Å². The van der Waals surface area contributed by atoms with Crippen LogP contribution in [0.25, 0.3) is 11.0 Å². The van der Waals surface area contributed by atoms with Crippen LogP contribution < -0.4 is 4.74 Å². The lowest BCUT2D eigenvalue weighted by atomic mass is 10.2. The van der Waals surface area contributed by atoms with Gasteiger partial charge in [-0.1, -0.05) is 6.07 Å². The Morgan fingerprint density at radius 2 is 2.09 bits per heavy atom. The molecule has 0 spiro atoms. The number of nitrogens with zero attached hydrogens (tertiary/aromatic N) is 2. The van der Waals surface area contributed by atoms with E-state index in [9.17, 15) is 9.90 Å². The fourth-order valence-electron chi connectivity index (χ4n) is 2.34. The number of phenolic OH excluding ortho intramolecular Hbond substituents is 1. The molecule has 3 aromatic rings. The molecule has 0 bridgehead atoms. The normalized spacial score (nSPS) is 10.7. The Hall–Kier alpha value is -3.02. The molecule has 0 saturated carbocycles. The summed E-state index contributed by atoms with van der Waals surface area (Å²) in [7, 11) is 3.20. The second kappa shape index (κ2) is 6.00. The third kappa shape index (κ3) is 2.96. The van der Waals surface area contributed by atoms with Crippen molar-refractivity contribution in [3.05, 3.63) is 53.9 Å². The van der Waals surface area contributed by atoms with Crippen LogP contribution in [0.5, 0.6) is 11.5 Å². The summed E-state index contributed by atoms with van der Waals surface area (Å²) in [5.41, 5.74) is 2.04. The highest BCUT2D eigenvalue weighted by Gasteiger charge is 2.10. The predicted molar refractivity (Wildman–Crippen MR) is 84.5 cm³/mol. The minimum atomic E-state index is -0.409. The number of rotatable bonds is 4. The van der Waals surface area contributed by atoms with Crippen LogP contribution in [0, 0.1) is 0 Å². The molecule has 0 aliphatic heterocycles. The van der Waals surface area contributed by atoms with Gasteiger partial charge in [-0.25, -0.2) is 9.78 Å². The van der Waals surface area contributed by atoms with Crippen molar-refractivity contribution in [3.63, 3.8) is 0 Å². The van der Waals surface area contributed by atoms with Crippen molar-refractivity contribution in [1.82, 2.24) is 9.55 Å². The number of fused-ring (bicyclic) bond motifs is 1. The summed E-state index contributed by atoms with van der Waals surface area (Å²) in [5, 5.41) is 9.56. The van der Waals surface area contributed by atoms with Gasteiger partial charge >= 0.3 is 5.97 Å². The van der Waals surface area contributed by atoms with Gasteiger partial charge in [0, 0.05) is 13.1 Å². The molecular formula is C17H16N2O4. The summed E-state index contributed by atoms with van der Waals surface area (Å²) < 4.78 is 12.3. The average Bonchev–Trinajstić information content (AvgIpc) is 2.88. The van der Waals surface area contributed by atoms with E-state index in [1.807, 2.05) is 11.6 Å². The van der Waals surface area contributed by atoms with E-state index in [1.165, 1.54) is 7.11 Å². The Balaban J connectivity index is 1.81. The Bertz CT molecular complexity index is 870. The molecule has 6 heteroatoms. The highest BCUT2D eigenvalue weighted by Crippen LogP contribution is 2.21. The van der Waals surface area contributed by atoms with Gasteiger partial charge in [0.2, 0.25) is 0 Å². The Morgan fingerprint density at radius 3 is 2.87 bits per heavy atom. The van der Waals surface area contributed by atoms with E-state index in [4.69, 9.17) is 4.74 Å². The second-order valence-corrected chi connectivity index (χ2v) is 5.07. The SMILES string of the molecule is COC(=O)c1cccc(OCc2nc3ccc(O)cc3n2C)c1. The molecule has 0 fully saturated rings. The number of hydrogen-bond acceptors (Lipinski definition) is 5. The zero-order chi connectivity index (χ0) is 16.4. The topological polar surface area (TPSA) is 73.6 Å². The van der Waals surface area contributed by atoms with Crippen LogP contribution in [0.15, 0.2) is 42.5 Å². The van der Waals surface area contributed by atoms with Gasteiger partial charge in [0.1, 0.15) is 23.9 Å². The van der Waals surface area contributed by atoms with E-state index in [2.05, 4.69) is 9.72 Å². The molecule has 0 radical (unpaired) electrons. The number of phenols is 1. The van der Waals surface area contributed by atoms with Gasteiger partial charge in [-0.15, -0.1) is 0 Å². The number of aryl methyl sites for hydroxylation is 1. The molecular weight excluding hydrogens is 296 g/mol. The lowest BCUT2D eigenvalue weighted by molar-refractivity contribution is 0.0600. The van der Waals surface area contributed by atoms with Gasteiger partial charge in [0.25, 0.3) is 0 Å². The fraction of sp³-hybridized carbons (Fsp3) is 0.176. The molecule has 118 valence electrons. The van der Waals surface area contributed by atoms with Crippen molar-refractivity contribution < 1.29 is 19.4 Å². The summed E-state index contributed by atoms with van der Waals surface area (Å²) in [6, 6.07) is 11.8. The summed E-state index contributed by atoms with van der Waals surface area (Å²) >= 11 is 0. The third-order valence-electron chi connectivity index (χ3n) is 3.58. The number of esters is 1. The molecule has 1 heterocycles. The van der Waals surface area contributed by atoms with Crippen molar-refractivity contribution >= 4 is 17.0 Å². The molecule has 0 aliphatic rings. The van der Waals surface area contributed by atoms with Gasteiger partial charge in [-0.3, -0.25) is 0 Å². The average molecular weight is 312 g/mol. The molecule has 0 unspecified atom stereocenters. The Morgan fingerprint density at radius 1 is 1.26 bits per heavy atom. The number of imidazole rings is 1. The van der Waals surface area contributed by atoms with E-state index < -0.39 is 5.97 Å². The quantitative estimate of drug-likeness (QED) is 0.750. The maximum absolute atomic E-state index is 11.5. The molecule has 0 saturated heterocycles. The van der Waals surface area contributed by atoms with E-state index in [-0.39, 0.29) is 12.4 Å². The molecule has 0 aliphatic carbocycles. The number of aromatic hydroxyl groups is 1. The van der Waals surface area contributed by atoms with Crippen molar-refractivity contribution in [2.24, 2.45) is 7.05 Å². The van der Waals surface area contributed by atoms with Gasteiger partial charge in [0.05, 0.1) is 23.7 Å². The maximum Gasteiger partial charge on any atom is 0.337 e. The first-order chi connectivity index (χ1) is 11.1. The number of benzene rings is 2. The minimum absolute atomic E-state index is 0.193. The number of aromatic nitrogens is 2. The Labute approximate surface area is 132 Å². The van der Waals surface area contributed by atoms with Crippen LogP contribution >= 0.6 is 0 Å². The number of ether oxygens (including phenoxy) is 2. The highest BCUT2D eigenvalue weighted by molar-refractivity contribution is 5.89. The third-order valence-corrected chi connectivity index (χ3v) is 3.58. The van der Waals surface area contributed by atoms with Crippen LogP contribution in [-0.4, -0.2) is 27.7 Å². The van der Waals surface area contributed by atoms with E-state index in [0.717, 1.165) is 11.0 Å². The first kappa shape index (κ1) is 14.9. The fourth-order valence-corrected chi connectivity index (χ4v) is 2.34. The minimum Gasteiger partial charge on any atom is -0.508 e. The maximum atomic E-state index is 11.5. The van der Waals surface area contributed by atoms with Crippen molar-refractivity contribution in [2.75, 3.05) is 7.11 Å². The largest absolute Gasteiger partial charge is 0.508 e. The van der Waals surface area contributed by atoms with Crippen molar-refractivity contribution in [2.45, 2.75) is 6.61 Å². The van der Waals surface area contributed by atoms with E-state index in [1.54, 1.807) is 42.5 Å². The predicted octanol–water partition coefficient (Wildman–Crippen LogP) is 2.64. The smallest absolute Gasteiger partial charge is 0.337 e. The summed E-state index contributed by atoms with van der Waals surface area (Å²) in [4.78, 5) is 16.0. The van der Waals surface area contributed by atoms with Gasteiger partial charge in [0.15, 0.2) is 0 Å². The molecule has 6 nitrogen and oxygen atoms in total. The standard InChI is InChI=1S/C17H16N2O4/c1-19-15-9-12(20)6-7-14(15)18-16(19)10-23-13-5-3-4-11(8-13)17(21)22-2/h3-9,20H,10H2,1-2H3. The first-order valence-corrected chi connectivity index (χ1v) is 7.04. The molecule has 1 aromatic heterocycles. The molecule has 3 rings (SSSR count). The molecule has 0 atom stereocenters. The second-order valence-electron chi connectivity index (χ2n) is 5.07. The Kier molecular flexibility index (Phi) is 3.89. The van der Waals surface area contributed by atoms with Crippen LogP contribution in [0.2, 0.25) is 0 Å². The number of carbonyl (C=O) groups excluding carboxylic acids is 1. The zero-order valence-electron chi connectivity index (χ0n) is 12.8. The van der Waals surface area contributed by atoms with Crippen LogP contribution in [0.4, 0.5) is 0 Å². The molecule has 23 heavy (non-hydrogen) atoms. The van der Waals surface area contributed by atoms with Crippen LogP contribution in [0.1, 0.15) is 16.2 Å². The molecule has 2 aromatic carbocycles. The van der Waals surface area contributed by atoms with E-state index in [0.29, 0.717) is 17.1 Å². The number of hydrogen-bond donors (Lipinski definition) is 1. The first-order valence-electron chi connectivity index (χ1n) is 7.04. The summed E-state index contributed by atoms with van der Waals surface area (Å²) in [6.07, 6.45) is 0. The van der Waals surface area contributed by atoms with E-state index >= 15 is 0 Å². The lowest BCUT2D eigenvalue weighted by Gasteiger charge is -2.07. The number of methoxy groups -OCH3 is 1. The van der Waals surface area contributed by atoms with Crippen molar-refractivity contribution in [1.29, 1.82) is 0 Å². The molecule has 0 amide bonds. The van der Waals surface area contributed by atoms with Gasteiger partial charge in [-0.2, -0.15) is 0 Å². The van der Waals surface area contributed by atoms with Crippen molar-refractivity contribution in [3.8, 4) is 11.5 Å². The summed E-state index contributed by atoms with van der Waals surface area (Å²) in [6.45, 7) is 0.247. The monoisotopic (exact) mass is 312 g/mol. The van der Waals surface area contributed by atoms with Gasteiger partial charge in [-0.05, 0) is 30.3 Å². The van der Waals surface area contributed by atoms with Gasteiger partial charge < -0.3 is 19.1 Å². The lowest BCUT2D eigenvalue weighted by Crippen LogP contribution is -2.05. The summed E-state index contributed by atoms with van der Waals surface area (Å²) in [5.74, 6) is 1.06. The zero-order valence-corrected chi connectivity index (χ0v) is 12.8. The highest BCUT2D eigenvalue weighted by atomic mass is 16.5. The van der Waals surface area contributed by atoms with Crippen LogP contribution in [0.3, 0.4) is 0 Å². The molecule has 1 N–H and O–H groups in total. The number of carbonyl (C=O) groups is 1.